The van der Waals surface area contributed by atoms with E-state index in [9.17, 15) is 0 Å². The van der Waals surface area contributed by atoms with Gasteiger partial charge in [0.2, 0.25) is 0 Å². The van der Waals surface area contributed by atoms with Crippen LogP contribution in [0.5, 0.6) is 0 Å². The zero-order valence-corrected chi connectivity index (χ0v) is 37.0. The van der Waals surface area contributed by atoms with E-state index in [2.05, 4.69) is 193 Å². The molecule has 1 heteroatoms. The second-order valence-corrected chi connectivity index (χ2v) is 17.8. The summed E-state index contributed by atoms with van der Waals surface area (Å²) in [5.74, 6) is 0.551. The molecule has 4 aromatic carbocycles. The summed E-state index contributed by atoms with van der Waals surface area (Å²) < 4.78 is 3.34. The van der Waals surface area contributed by atoms with E-state index in [1.54, 1.807) is 0 Å². The van der Waals surface area contributed by atoms with Crippen LogP contribution >= 0.6 is 0 Å². The normalized spacial score (nSPS) is 14.7. The molecule has 0 spiro atoms. The average Bonchev–Trinajstić information content (AvgIpc) is 3.58. The van der Waals surface area contributed by atoms with Crippen molar-refractivity contribution in [2.45, 2.75) is 132 Å². The van der Waals surface area contributed by atoms with Gasteiger partial charge in [0.25, 0.3) is 0 Å². The molecule has 0 saturated carbocycles. The van der Waals surface area contributed by atoms with E-state index in [4.69, 9.17) is 0 Å². The maximum atomic E-state index is 3.53. The SMILES string of the molecule is CC(C)(C)c1c[c-]c2c(c1)-c1cc(C(C)(C)C)ccc1C2.CC(C)(C)c1cc[c-]cc1.CC(C)(C)c1cc[c-]cc1.CC1=[C-]C(C)C=C1C.[CH2]=[Zr]. The summed E-state index contributed by atoms with van der Waals surface area (Å²) >= 11 is 1.30. The second-order valence-electron chi connectivity index (χ2n) is 17.8. The van der Waals surface area contributed by atoms with Gasteiger partial charge in [0.05, 0.1) is 0 Å². The van der Waals surface area contributed by atoms with Crippen LogP contribution in [0.25, 0.3) is 11.1 Å². The fourth-order valence-electron chi connectivity index (χ4n) is 5.76. The molecule has 51 heavy (non-hydrogen) atoms. The van der Waals surface area contributed by atoms with Gasteiger partial charge in [-0.25, -0.2) is 11.1 Å². The van der Waals surface area contributed by atoms with E-state index in [1.807, 2.05) is 24.3 Å². The van der Waals surface area contributed by atoms with Crippen LogP contribution in [-0.4, -0.2) is 4.21 Å². The van der Waals surface area contributed by atoms with E-state index in [0.29, 0.717) is 5.92 Å². The molecule has 272 valence electrons. The van der Waals surface area contributed by atoms with Crippen molar-refractivity contribution < 1.29 is 24.2 Å². The third-order valence-electron chi connectivity index (χ3n) is 9.23. The van der Waals surface area contributed by atoms with Gasteiger partial charge in [-0.2, -0.15) is 107 Å². The summed E-state index contributed by atoms with van der Waals surface area (Å²) in [6.45, 7) is 33.3. The molecule has 0 heterocycles. The number of hydrogen-bond donors (Lipinski definition) is 0. The van der Waals surface area contributed by atoms with Gasteiger partial charge in [-0.05, 0) is 28.2 Å². The molecule has 0 aliphatic heterocycles. The predicted octanol–water partition coefficient (Wildman–Crippen LogP) is 13.5. The maximum absolute atomic E-state index is 3.53. The molecule has 1 atom stereocenters. The minimum absolute atomic E-state index is 0.177. The van der Waals surface area contributed by atoms with Gasteiger partial charge in [-0.3, -0.25) is 6.08 Å². The van der Waals surface area contributed by atoms with E-state index < -0.39 is 0 Å². The zero-order chi connectivity index (χ0) is 38.8. The fraction of sp³-hybridized carbons (Fsp3) is 0.420. The van der Waals surface area contributed by atoms with Crippen LogP contribution in [0.3, 0.4) is 0 Å². The van der Waals surface area contributed by atoms with Gasteiger partial charge >= 0.3 is 28.4 Å². The van der Waals surface area contributed by atoms with Crippen molar-refractivity contribution in [3.8, 4) is 11.1 Å². The number of rotatable bonds is 0. The molecule has 4 aromatic rings. The Morgan fingerprint density at radius 1 is 0.588 bits per heavy atom. The van der Waals surface area contributed by atoms with Crippen molar-refractivity contribution in [2.75, 3.05) is 0 Å². The molecule has 0 nitrogen and oxygen atoms in total. The first-order valence-electron chi connectivity index (χ1n) is 18.3. The Morgan fingerprint density at radius 2 is 1.02 bits per heavy atom. The fourth-order valence-corrected chi connectivity index (χ4v) is 5.76. The van der Waals surface area contributed by atoms with Crippen LogP contribution < -0.4 is 0 Å². The Kier molecular flexibility index (Phi) is 16.3. The van der Waals surface area contributed by atoms with E-state index in [1.165, 1.54) is 79.9 Å². The molecule has 2 aliphatic carbocycles. The third kappa shape index (κ3) is 13.9. The minimum atomic E-state index is 0.177. The van der Waals surface area contributed by atoms with Crippen LogP contribution in [0, 0.1) is 30.2 Å². The van der Waals surface area contributed by atoms with E-state index >= 15 is 0 Å². The van der Waals surface area contributed by atoms with Gasteiger partial charge < -0.3 is 0 Å². The first-order valence-corrected chi connectivity index (χ1v) is 20.1. The number of hydrogen-bond acceptors (Lipinski definition) is 0. The van der Waals surface area contributed by atoms with Crippen LogP contribution in [-0.2, 0) is 52.3 Å². The molecule has 0 fully saturated rings. The van der Waals surface area contributed by atoms with Crippen molar-refractivity contribution in [3.05, 3.63) is 154 Å². The van der Waals surface area contributed by atoms with Gasteiger partial charge in [0.1, 0.15) is 0 Å². The van der Waals surface area contributed by atoms with Crippen LogP contribution in [0.4, 0.5) is 0 Å². The monoisotopic (exact) mass is 754 g/mol. The average molecular weight is 756 g/mol. The third-order valence-corrected chi connectivity index (χ3v) is 9.23. The summed E-state index contributed by atoms with van der Waals surface area (Å²) in [5, 5.41) is 0. The molecule has 0 aromatic heterocycles. The van der Waals surface area contributed by atoms with Crippen LogP contribution in [0.15, 0.2) is 96.1 Å². The standard InChI is InChI=1S/C21H25.2C10H13.C8H11.CH2.Zr/c1-20(2,3)16-9-7-14-11-15-8-10-17(21(4,5)6)13-19(15)18(14)12-16;2*1-10(2,3)9-7-5-4-6-8-9;1-6-4-7(2)8(3)5-6;;/h7,9-10,12-13H,11H2,1-6H3;2*5-8H,1-3H3;4,6H,1-3H3;1H2;/q4*-1;;. The molecule has 2 aliphatic rings. The molecular weight excluding hydrogens is 692 g/mol. The molecule has 6 rings (SSSR count). The van der Waals surface area contributed by atoms with Crippen molar-refractivity contribution in [3.63, 3.8) is 0 Å². The van der Waals surface area contributed by atoms with Crippen molar-refractivity contribution in [1.82, 2.24) is 0 Å². The Morgan fingerprint density at radius 3 is 1.35 bits per heavy atom. The second kappa shape index (κ2) is 18.7. The Balaban J connectivity index is 0.000000253. The van der Waals surface area contributed by atoms with Crippen molar-refractivity contribution in [2.24, 2.45) is 5.92 Å². The van der Waals surface area contributed by atoms with Crippen molar-refractivity contribution >= 4 is 4.21 Å². The van der Waals surface area contributed by atoms with E-state index in [-0.39, 0.29) is 21.7 Å². The summed E-state index contributed by atoms with van der Waals surface area (Å²) in [4.78, 5) is 0. The van der Waals surface area contributed by atoms with E-state index in [0.717, 1.165) is 6.42 Å². The number of benzene rings is 4. The number of allylic oxidation sites excluding steroid dienone is 4. The first-order chi connectivity index (χ1) is 23.6. The van der Waals surface area contributed by atoms with Gasteiger partial charge in [-0.1, -0.05) is 138 Å². The Hall–Kier alpha value is -2.89. The van der Waals surface area contributed by atoms with Crippen molar-refractivity contribution in [1.29, 1.82) is 0 Å². The quantitative estimate of drug-likeness (QED) is 0.138. The Labute approximate surface area is 329 Å². The molecule has 0 N–H and O–H groups in total. The zero-order valence-electron chi connectivity index (χ0n) is 34.6. The summed E-state index contributed by atoms with van der Waals surface area (Å²) in [6.07, 6.45) is 6.55. The molecule has 0 bridgehead atoms. The molecule has 0 radical (unpaired) electrons. The summed E-state index contributed by atoms with van der Waals surface area (Å²) in [5.41, 5.74) is 14.7. The summed E-state index contributed by atoms with van der Waals surface area (Å²) in [7, 11) is 0. The Bertz CT molecular complexity index is 1590. The molecule has 0 saturated heterocycles. The molecular formula is C50H64Zr-4. The van der Waals surface area contributed by atoms with Gasteiger partial charge in [0.15, 0.2) is 0 Å². The topological polar surface area (TPSA) is 0 Å². The van der Waals surface area contributed by atoms with Gasteiger partial charge in [0, 0.05) is 0 Å². The van der Waals surface area contributed by atoms with Crippen LogP contribution in [0.2, 0.25) is 0 Å². The van der Waals surface area contributed by atoms with Gasteiger partial charge in [-0.15, -0.1) is 12.5 Å². The predicted molar refractivity (Wildman–Crippen MR) is 221 cm³/mol. The first kappa shape index (κ1) is 44.3. The van der Waals surface area contributed by atoms with Crippen LogP contribution in [0.1, 0.15) is 137 Å². The number of fused-ring (bicyclic) bond motifs is 3. The molecule has 1 unspecified atom stereocenters. The molecule has 0 amide bonds. The summed E-state index contributed by atoms with van der Waals surface area (Å²) in [6, 6.07) is 37.4.